The van der Waals surface area contributed by atoms with E-state index in [1.165, 1.54) is 11.3 Å². The summed E-state index contributed by atoms with van der Waals surface area (Å²) in [5, 5.41) is 7.47. The van der Waals surface area contributed by atoms with Crippen LogP contribution < -0.4 is 20.1 Å². The van der Waals surface area contributed by atoms with Gasteiger partial charge in [-0.05, 0) is 62.5 Å². The molecule has 0 saturated heterocycles. The Bertz CT molecular complexity index is 895. The predicted molar refractivity (Wildman–Crippen MR) is 121 cm³/mol. The van der Waals surface area contributed by atoms with Crippen LogP contribution in [-0.2, 0) is 17.6 Å². The number of fused-ring (bicyclic) bond motifs is 1. The summed E-state index contributed by atoms with van der Waals surface area (Å²) in [4.78, 5) is 13.9. The number of carbonyl (C=O) groups is 1. The lowest BCUT2D eigenvalue weighted by Gasteiger charge is -2.14. The summed E-state index contributed by atoms with van der Waals surface area (Å²) < 4.78 is 16.0. The first-order valence-electron chi connectivity index (χ1n) is 9.69. The molecule has 0 saturated carbocycles. The van der Waals surface area contributed by atoms with E-state index in [4.69, 9.17) is 26.4 Å². The van der Waals surface area contributed by atoms with E-state index in [-0.39, 0.29) is 5.97 Å². The summed E-state index contributed by atoms with van der Waals surface area (Å²) in [5.41, 5.74) is 2.44. The number of rotatable bonds is 6. The molecule has 1 aliphatic carbocycles. The Morgan fingerprint density at radius 1 is 1.14 bits per heavy atom. The first-order chi connectivity index (χ1) is 14.1. The maximum Gasteiger partial charge on any atom is 0.341 e. The Morgan fingerprint density at radius 3 is 2.66 bits per heavy atom. The molecule has 0 radical (unpaired) electrons. The highest BCUT2D eigenvalue weighted by Crippen LogP contribution is 2.38. The monoisotopic (exact) mass is 434 g/mol. The maximum atomic E-state index is 12.7. The molecule has 0 unspecified atom stereocenters. The van der Waals surface area contributed by atoms with E-state index in [2.05, 4.69) is 10.6 Å². The van der Waals surface area contributed by atoms with E-state index < -0.39 is 0 Å². The second kappa shape index (κ2) is 9.93. The Hall–Kier alpha value is -2.32. The summed E-state index contributed by atoms with van der Waals surface area (Å²) in [6, 6.07) is 5.44. The second-order valence-corrected chi connectivity index (χ2v) is 8.15. The zero-order valence-corrected chi connectivity index (χ0v) is 18.6. The van der Waals surface area contributed by atoms with E-state index in [1.807, 2.05) is 19.1 Å². The number of hydrogen-bond acceptors (Lipinski definition) is 6. The summed E-state index contributed by atoms with van der Waals surface area (Å²) in [6.07, 6.45) is 5.29. The van der Waals surface area contributed by atoms with E-state index >= 15 is 0 Å². The zero-order chi connectivity index (χ0) is 20.8. The van der Waals surface area contributed by atoms with Crippen LogP contribution in [0, 0.1) is 0 Å². The lowest BCUT2D eigenvalue weighted by Crippen LogP contribution is -2.21. The summed E-state index contributed by atoms with van der Waals surface area (Å²) in [7, 11) is 3.19. The summed E-state index contributed by atoms with van der Waals surface area (Å²) in [5.74, 6) is 1.01. The van der Waals surface area contributed by atoms with Gasteiger partial charge in [-0.2, -0.15) is 0 Å². The molecule has 8 heteroatoms. The van der Waals surface area contributed by atoms with Crippen LogP contribution >= 0.6 is 23.6 Å². The fraction of sp³-hybridized carbons (Fsp3) is 0.429. The van der Waals surface area contributed by atoms with Gasteiger partial charge >= 0.3 is 5.97 Å². The Balaban J connectivity index is 1.84. The largest absolute Gasteiger partial charge is 0.497 e. The zero-order valence-electron chi connectivity index (χ0n) is 16.9. The molecule has 1 aliphatic rings. The van der Waals surface area contributed by atoms with Gasteiger partial charge in [0, 0.05) is 10.9 Å². The standard InChI is InChI=1S/C21H26N2O4S2/c1-4-27-20(24)18-14-8-6-5-7-9-17(14)29-19(18)23-21(28)22-15-11-10-13(25-2)12-16(15)26-3/h10-12H,4-9H2,1-3H3,(H2,22,23,28). The molecule has 1 aromatic carbocycles. The van der Waals surface area contributed by atoms with Crippen molar-refractivity contribution in [3.63, 3.8) is 0 Å². The Morgan fingerprint density at radius 2 is 1.93 bits per heavy atom. The van der Waals surface area contributed by atoms with Gasteiger partial charge in [0.05, 0.1) is 32.1 Å². The van der Waals surface area contributed by atoms with Crippen molar-refractivity contribution in [3.05, 3.63) is 34.2 Å². The van der Waals surface area contributed by atoms with E-state index in [9.17, 15) is 4.79 Å². The average molecular weight is 435 g/mol. The van der Waals surface area contributed by atoms with Gasteiger partial charge in [0.1, 0.15) is 16.5 Å². The van der Waals surface area contributed by atoms with Crippen molar-refractivity contribution in [2.24, 2.45) is 0 Å². The van der Waals surface area contributed by atoms with Crippen molar-refractivity contribution in [2.45, 2.75) is 39.0 Å². The van der Waals surface area contributed by atoms with Gasteiger partial charge < -0.3 is 24.8 Å². The first-order valence-corrected chi connectivity index (χ1v) is 10.9. The molecular weight excluding hydrogens is 408 g/mol. The second-order valence-electron chi connectivity index (χ2n) is 6.63. The number of esters is 1. The van der Waals surface area contributed by atoms with Gasteiger partial charge in [-0.25, -0.2) is 4.79 Å². The highest BCUT2D eigenvalue weighted by atomic mass is 32.1. The van der Waals surface area contributed by atoms with Crippen LogP contribution in [-0.4, -0.2) is 31.9 Å². The van der Waals surface area contributed by atoms with Crippen LogP contribution in [0.5, 0.6) is 11.5 Å². The van der Waals surface area contributed by atoms with E-state index in [1.54, 1.807) is 31.6 Å². The quantitative estimate of drug-likeness (QED) is 0.376. The van der Waals surface area contributed by atoms with Crippen molar-refractivity contribution < 1.29 is 19.0 Å². The van der Waals surface area contributed by atoms with Crippen LogP contribution in [0.25, 0.3) is 0 Å². The van der Waals surface area contributed by atoms with Gasteiger partial charge in [0.15, 0.2) is 5.11 Å². The SMILES string of the molecule is CCOC(=O)c1c(NC(=S)Nc2ccc(OC)cc2OC)sc2c1CCCCC2. The Kier molecular flexibility index (Phi) is 7.33. The molecular formula is C21H26N2O4S2. The fourth-order valence-corrected chi connectivity index (χ4v) is 4.97. The van der Waals surface area contributed by atoms with Gasteiger partial charge in [0.2, 0.25) is 0 Å². The van der Waals surface area contributed by atoms with Gasteiger partial charge in [-0.1, -0.05) is 6.42 Å². The third kappa shape index (κ3) is 5.00. The molecule has 1 aromatic heterocycles. The molecule has 0 fully saturated rings. The average Bonchev–Trinajstić information content (AvgIpc) is 2.88. The lowest BCUT2D eigenvalue weighted by atomic mass is 10.1. The van der Waals surface area contributed by atoms with Crippen LogP contribution in [0.15, 0.2) is 18.2 Å². The normalized spacial score (nSPS) is 13.1. The smallest absolute Gasteiger partial charge is 0.341 e. The fourth-order valence-electron chi connectivity index (χ4n) is 3.41. The summed E-state index contributed by atoms with van der Waals surface area (Å²) >= 11 is 7.10. The van der Waals surface area contributed by atoms with E-state index in [0.717, 1.165) is 36.2 Å². The van der Waals surface area contributed by atoms with Crippen molar-refractivity contribution in [3.8, 4) is 11.5 Å². The molecule has 0 atom stereocenters. The molecule has 6 nitrogen and oxygen atoms in total. The molecule has 2 aromatic rings. The number of aryl methyl sites for hydroxylation is 1. The van der Waals surface area contributed by atoms with Crippen LogP contribution in [0.1, 0.15) is 47.0 Å². The number of thiophene rings is 1. The molecule has 156 valence electrons. The first kappa shape index (κ1) is 21.4. The molecule has 29 heavy (non-hydrogen) atoms. The minimum Gasteiger partial charge on any atom is -0.497 e. The number of benzene rings is 1. The van der Waals surface area contributed by atoms with Crippen molar-refractivity contribution in [2.75, 3.05) is 31.5 Å². The molecule has 1 heterocycles. The van der Waals surface area contributed by atoms with Crippen LogP contribution in [0.4, 0.5) is 10.7 Å². The van der Waals surface area contributed by atoms with Gasteiger partial charge in [-0.3, -0.25) is 0 Å². The number of hydrogen-bond donors (Lipinski definition) is 2. The third-order valence-electron chi connectivity index (χ3n) is 4.78. The lowest BCUT2D eigenvalue weighted by molar-refractivity contribution is 0.0527. The van der Waals surface area contributed by atoms with E-state index in [0.29, 0.717) is 34.5 Å². The highest BCUT2D eigenvalue weighted by molar-refractivity contribution is 7.80. The predicted octanol–water partition coefficient (Wildman–Crippen LogP) is 5.02. The van der Waals surface area contributed by atoms with Gasteiger partial charge in [-0.15, -0.1) is 11.3 Å². The molecule has 0 aliphatic heterocycles. The van der Waals surface area contributed by atoms with Crippen molar-refractivity contribution in [1.29, 1.82) is 0 Å². The van der Waals surface area contributed by atoms with Crippen LogP contribution in [0.3, 0.4) is 0 Å². The maximum absolute atomic E-state index is 12.7. The molecule has 0 bridgehead atoms. The van der Waals surface area contributed by atoms with Gasteiger partial charge in [0.25, 0.3) is 0 Å². The number of nitrogens with one attached hydrogen (secondary N) is 2. The molecule has 0 amide bonds. The highest BCUT2D eigenvalue weighted by Gasteiger charge is 2.26. The minimum absolute atomic E-state index is 0.292. The summed E-state index contributed by atoms with van der Waals surface area (Å²) in [6.45, 7) is 2.16. The number of ether oxygens (including phenoxy) is 3. The van der Waals surface area contributed by atoms with Crippen molar-refractivity contribution >= 4 is 45.3 Å². The number of thiocarbonyl (C=S) groups is 1. The number of carbonyl (C=O) groups excluding carboxylic acids is 1. The van der Waals surface area contributed by atoms with Crippen molar-refractivity contribution in [1.82, 2.24) is 0 Å². The third-order valence-corrected chi connectivity index (χ3v) is 6.20. The topological polar surface area (TPSA) is 68.8 Å². The molecule has 3 rings (SSSR count). The Labute approximate surface area is 180 Å². The number of methoxy groups -OCH3 is 2. The molecule has 2 N–H and O–H groups in total. The number of anilines is 2. The van der Waals surface area contributed by atoms with Crippen LogP contribution in [0.2, 0.25) is 0 Å². The minimum atomic E-state index is -0.292. The molecule has 0 spiro atoms.